The Morgan fingerprint density at radius 3 is 2.73 bits per heavy atom. The van der Waals surface area contributed by atoms with E-state index in [0.29, 0.717) is 12.5 Å². The molecule has 0 amide bonds. The minimum absolute atomic E-state index is 0.245. The molecule has 84 valence electrons. The molecule has 0 heterocycles. The summed E-state index contributed by atoms with van der Waals surface area (Å²) < 4.78 is 5.59. The van der Waals surface area contributed by atoms with Crippen molar-refractivity contribution in [1.82, 2.24) is 0 Å². The van der Waals surface area contributed by atoms with E-state index >= 15 is 0 Å². The number of rotatable bonds is 6. The molecule has 15 heavy (non-hydrogen) atoms. The largest absolute Gasteiger partial charge is 0.494 e. The van der Waals surface area contributed by atoms with Crippen LogP contribution >= 0.6 is 0 Å². The van der Waals surface area contributed by atoms with Gasteiger partial charge in [-0.05, 0) is 36.5 Å². The van der Waals surface area contributed by atoms with Gasteiger partial charge in [0.05, 0.1) is 6.61 Å². The average Bonchev–Trinajstić information content (AvgIpc) is 2.25. The Kier molecular flexibility index (Phi) is 5.19. The summed E-state index contributed by atoms with van der Waals surface area (Å²) >= 11 is 0. The Bertz CT molecular complexity index is 282. The summed E-state index contributed by atoms with van der Waals surface area (Å²) in [6, 6.07) is 8.20. The summed E-state index contributed by atoms with van der Waals surface area (Å²) in [5.41, 5.74) is 1.30. The van der Waals surface area contributed by atoms with Crippen LogP contribution in [0.25, 0.3) is 0 Å². The SMILES string of the molecule is CC(C)c1cccc(OCCCCO)c1. The van der Waals surface area contributed by atoms with Crippen molar-refractivity contribution < 1.29 is 9.84 Å². The minimum atomic E-state index is 0.245. The molecule has 1 N–H and O–H groups in total. The van der Waals surface area contributed by atoms with Crippen molar-refractivity contribution in [2.24, 2.45) is 0 Å². The standard InChI is InChI=1S/C13H20O2/c1-11(2)12-6-5-7-13(10-12)15-9-4-3-8-14/h5-7,10-11,14H,3-4,8-9H2,1-2H3. The normalized spacial score (nSPS) is 10.7. The first-order valence-corrected chi connectivity index (χ1v) is 5.57. The lowest BCUT2D eigenvalue weighted by Gasteiger charge is -2.09. The number of ether oxygens (including phenoxy) is 1. The van der Waals surface area contributed by atoms with E-state index in [1.165, 1.54) is 5.56 Å². The van der Waals surface area contributed by atoms with E-state index in [1.54, 1.807) is 0 Å². The molecular formula is C13H20O2. The van der Waals surface area contributed by atoms with Crippen LogP contribution in [0.5, 0.6) is 5.75 Å². The molecule has 0 unspecified atom stereocenters. The lowest BCUT2D eigenvalue weighted by molar-refractivity contribution is 0.253. The van der Waals surface area contributed by atoms with Crippen molar-refractivity contribution in [1.29, 1.82) is 0 Å². The smallest absolute Gasteiger partial charge is 0.119 e. The van der Waals surface area contributed by atoms with Crippen molar-refractivity contribution in [3.8, 4) is 5.75 Å². The lowest BCUT2D eigenvalue weighted by atomic mass is 10.0. The first-order chi connectivity index (χ1) is 7.24. The molecule has 0 atom stereocenters. The van der Waals surface area contributed by atoms with Crippen LogP contribution in [0.1, 0.15) is 38.2 Å². The molecule has 0 fully saturated rings. The number of hydrogen-bond acceptors (Lipinski definition) is 2. The van der Waals surface area contributed by atoms with Crippen molar-refractivity contribution in [3.05, 3.63) is 29.8 Å². The Morgan fingerprint density at radius 2 is 2.07 bits per heavy atom. The van der Waals surface area contributed by atoms with Gasteiger partial charge in [-0.15, -0.1) is 0 Å². The van der Waals surface area contributed by atoms with E-state index in [2.05, 4.69) is 26.0 Å². The van der Waals surface area contributed by atoms with E-state index in [-0.39, 0.29) is 6.61 Å². The molecule has 1 rings (SSSR count). The second-order valence-corrected chi connectivity index (χ2v) is 4.01. The van der Waals surface area contributed by atoms with Crippen LogP contribution in [0.15, 0.2) is 24.3 Å². The van der Waals surface area contributed by atoms with E-state index in [4.69, 9.17) is 9.84 Å². The maximum absolute atomic E-state index is 8.62. The maximum Gasteiger partial charge on any atom is 0.119 e. The zero-order valence-electron chi connectivity index (χ0n) is 9.57. The summed E-state index contributed by atoms with van der Waals surface area (Å²) in [6.07, 6.45) is 1.71. The fraction of sp³-hybridized carbons (Fsp3) is 0.538. The quantitative estimate of drug-likeness (QED) is 0.728. The number of unbranched alkanes of at least 4 members (excludes halogenated alkanes) is 1. The van der Waals surface area contributed by atoms with E-state index in [0.717, 1.165) is 18.6 Å². The fourth-order valence-electron chi connectivity index (χ4n) is 1.37. The van der Waals surface area contributed by atoms with Crippen LogP contribution in [-0.4, -0.2) is 18.3 Å². The first-order valence-electron chi connectivity index (χ1n) is 5.57. The summed E-state index contributed by atoms with van der Waals surface area (Å²) in [6.45, 7) is 5.27. The van der Waals surface area contributed by atoms with Crippen molar-refractivity contribution in [2.45, 2.75) is 32.6 Å². The predicted octanol–water partition coefficient (Wildman–Crippen LogP) is 2.96. The molecule has 1 aromatic carbocycles. The topological polar surface area (TPSA) is 29.5 Å². The Labute approximate surface area is 91.9 Å². The molecule has 0 saturated carbocycles. The summed E-state index contributed by atoms with van der Waals surface area (Å²) in [7, 11) is 0. The molecule has 0 bridgehead atoms. The van der Waals surface area contributed by atoms with E-state index in [9.17, 15) is 0 Å². The number of aliphatic hydroxyl groups excluding tert-OH is 1. The van der Waals surface area contributed by atoms with Gasteiger partial charge in [-0.1, -0.05) is 26.0 Å². The Balaban J connectivity index is 2.43. The molecule has 0 aliphatic carbocycles. The molecule has 0 aliphatic rings. The van der Waals surface area contributed by atoms with Crippen LogP contribution in [0.3, 0.4) is 0 Å². The van der Waals surface area contributed by atoms with Gasteiger partial charge in [-0.2, -0.15) is 0 Å². The zero-order chi connectivity index (χ0) is 11.1. The predicted molar refractivity (Wildman–Crippen MR) is 62.3 cm³/mol. The highest BCUT2D eigenvalue weighted by Crippen LogP contribution is 2.20. The Hall–Kier alpha value is -1.02. The molecule has 2 heteroatoms. The molecule has 0 aliphatic heterocycles. The highest BCUT2D eigenvalue weighted by Gasteiger charge is 2.00. The second-order valence-electron chi connectivity index (χ2n) is 4.01. The molecule has 0 saturated heterocycles. The van der Waals surface area contributed by atoms with Gasteiger partial charge in [0, 0.05) is 6.61 Å². The summed E-state index contributed by atoms with van der Waals surface area (Å²) in [4.78, 5) is 0. The van der Waals surface area contributed by atoms with Gasteiger partial charge in [0.1, 0.15) is 5.75 Å². The molecule has 0 spiro atoms. The lowest BCUT2D eigenvalue weighted by Crippen LogP contribution is -1.99. The Morgan fingerprint density at radius 1 is 1.27 bits per heavy atom. The molecular weight excluding hydrogens is 188 g/mol. The monoisotopic (exact) mass is 208 g/mol. The fourth-order valence-corrected chi connectivity index (χ4v) is 1.37. The van der Waals surface area contributed by atoms with Crippen LogP contribution in [0.2, 0.25) is 0 Å². The number of aliphatic hydroxyl groups is 1. The van der Waals surface area contributed by atoms with Crippen LogP contribution in [0, 0.1) is 0 Å². The minimum Gasteiger partial charge on any atom is -0.494 e. The van der Waals surface area contributed by atoms with Crippen molar-refractivity contribution >= 4 is 0 Å². The van der Waals surface area contributed by atoms with Crippen molar-refractivity contribution in [3.63, 3.8) is 0 Å². The van der Waals surface area contributed by atoms with Crippen molar-refractivity contribution in [2.75, 3.05) is 13.2 Å². The molecule has 2 nitrogen and oxygen atoms in total. The van der Waals surface area contributed by atoms with Gasteiger partial charge in [-0.25, -0.2) is 0 Å². The third kappa shape index (κ3) is 4.34. The first kappa shape index (κ1) is 12.1. The highest BCUT2D eigenvalue weighted by atomic mass is 16.5. The average molecular weight is 208 g/mol. The maximum atomic E-state index is 8.62. The van der Waals surface area contributed by atoms with Gasteiger partial charge in [0.25, 0.3) is 0 Å². The molecule has 0 aromatic heterocycles. The number of benzene rings is 1. The number of hydrogen-bond donors (Lipinski definition) is 1. The molecule has 0 radical (unpaired) electrons. The van der Waals surface area contributed by atoms with Gasteiger partial charge in [0.2, 0.25) is 0 Å². The van der Waals surface area contributed by atoms with E-state index in [1.807, 2.05) is 12.1 Å². The summed E-state index contributed by atoms with van der Waals surface area (Å²) in [5, 5.41) is 8.62. The molecule has 1 aromatic rings. The van der Waals surface area contributed by atoms with Gasteiger partial charge < -0.3 is 9.84 Å². The summed E-state index contributed by atoms with van der Waals surface area (Å²) in [5.74, 6) is 1.46. The third-order valence-electron chi connectivity index (χ3n) is 2.35. The highest BCUT2D eigenvalue weighted by molar-refractivity contribution is 5.30. The second kappa shape index (κ2) is 6.46. The third-order valence-corrected chi connectivity index (χ3v) is 2.35. The van der Waals surface area contributed by atoms with Crippen LogP contribution in [-0.2, 0) is 0 Å². The zero-order valence-corrected chi connectivity index (χ0v) is 9.57. The van der Waals surface area contributed by atoms with E-state index < -0.39 is 0 Å². The van der Waals surface area contributed by atoms with Gasteiger partial charge in [-0.3, -0.25) is 0 Å². The van der Waals surface area contributed by atoms with Gasteiger partial charge in [0.15, 0.2) is 0 Å². The van der Waals surface area contributed by atoms with Crippen LogP contribution in [0.4, 0.5) is 0 Å². The van der Waals surface area contributed by atoms with Gasteiger partial charge >= 0.3 is 0 Å². The van der Waals surface area contributed by atoms with Crippen LogP contribution < -0.4 is 4.74 Å².